The number of aliphatic hydroxyl groups is 1. The first-order valence-corrected chi connectivity index (χ1v) is 8.53. The van der Waals surface area contributed by atoms with Crippen molar-refractivity contribution in [1.82, 2.24) is 0 Å². The average molecular weight is 266 g/mol. The fourth-order valence-corrected chi connectivity index (χ4v) is 4.42. The van der Waals surface area contributed by atoms with E-state index >= 15 is 0 Å². The molecule has 0 amide bonds. The van der Waals surface area contributed by atoms with E-state index in [9.17, 15) is 5.11 Å². The first kappa shape index (κ1) is 15.4. The number of hydrogen-bond donors (Lipinski definition) is 1. The van der Waals surface area contributed by atoms with Crippen LogP contribution in [-0.2, 0) is 0 Å². The molecule has 0 aromatic carbocycles. The summed E-state index contributed by atoms with van der Waals surface area (Å²) in [5.74, 6) is 2.26. The van der Waals surface area contributed by atoms with Crippen molar-refractivity contribution in [3.63, 3.8) is 0 Å². The molecule has 0 bridgehead atoms. The van der Waals surface area contributed by atoms with Gasteiger partial charge in [-0.25, -0.2) is 0 Å². The summed E-state index contributed by atoms with van der Waals surface area (Å²) in [5.41, 5.74) is 0.0759. The van der Waals surface area contributed by atoms with Crippen LogP contribution in [0.15, 0.2) is 0 Å². The number of rotatable bonds is 1. The first-order valence-electron chi connectivity index (χ1n) is 8.53. The van der Waals surface area contributed by atoms with Crippen molar-refractivity contribution < 1.29 is 5.11 Å². The van der Waals surface area contributed by atoms with Gasteiger partial charge in [0.05, 0.1) is 5.60 Å². The SMILES string of the molecule is CC1CCC(C2(O)CCCC(C(C)(C)C)CC2)CC1. The lowest BCUT2D eigenvalue weighted by Crippen LogP contribution is -2.39. The minimum atomic E-state index is -0.333. The van der Waals surface area contributed by atoms with Crippen LogP contribution in [0.3, 0.4) is 0 Å². The van der Waals surface area contributed by atoms with Crippen LogP contribution in [0.5, 0.6) is 0 Å². The fraction of sp³-hybridized carbons (Fsp3) is 1.00. The van der Waals surface area contributed by atoms with E-state index in [4.69, 9.17) is 0 Å². The maximum atomic E-state index is 11.1. The van der Waals surface area contributed by atoms with Crippen molar-refractivity contribution in [2.45, 2.75) is 91.1 Å². The highest BCUT2D eigenvalue weighted by molar-refractivity contribution is 4.93. The van der Waals surface area contributed by atoms with Crippen LogP contribution in [0.25, 0.3) is 0 Å². The quantitative estimate of drug-likeness (QED) is 0.649. The molecule has 2 rings (SSSR count). The molecule has 2 unspecified atom stereocenters. The van der Waals surface area contributed by atoms with Gasteiger partial charge in [-0.05, 0) is 61.7 Å². The topological polar surface area (TPSA) is 20.2 Å². The van der Waals surface area contributed by atoms with Gasteiger partial charge in [0.1, 0.15) is 0 Å². The number of hydrogen-bond acceptors (Lipinski definition) is 1. The van der Waals surface area contributed by atoms with Crippen LogP contribution < -0.4 is 0 Å². The molecule has 2 aliphatic carbocycles. The Kier molecular flexibility index (Phi) is 4.65. The van der Waals surface area contributed by atoms with E-state index in [2.05, 4.69) is 27.7 Å². The molecular formula is C18H34O. The van der Waals surface area contributed by atoms with Crippen LogP contribution in [0.2, 0.25) is 0 Å². The molecule has 2 aliphatic rings. The third-order valence-electron chi connectivity index (χ3n) is 6.09. The van der Waals surface area contributed by atoms with Crippen molar-refractivity contribution in [3.8, 4) is 0 Å². The predicted octanol–water partition coefficient (Wildman–Crippen LogP) is 5.17. The highest BCUT2D eigenvalue weighted by atomic mass is 16.3. The molecule has 0 heterocycles. The molecule has 19 heavy (non-hydrogen) atoms. The monoisotopic (exact) mass is 266 g/mol. The van der Waals surface area contributed by atoms with E-state index < -0.39 is 0 Å². The smallest absolute Gasteiger partial charge is 0.0675 e. The summed E-state index contributed by atoms with van der Waals surface area (Å²) in [7, 11) is 0. The lowest BCUT2D eigenvalue weighted by Gasteiger charge is -2.40. The second kappa shape index (κ2) is 5.76. The highest BCUT2D eigenvalue weighted by Gasteiger charge is 2.41. The maximum Gasteiger partial charge on any atom is 0.0675 e. The van der Waals surface area contributed by atoms with E-state index in [0.717, 1.165) is 24.7 Å². The Labute approximate surface area is 120 Å². The highest BCUT2D eigenvalue weighted by Crippen LogP contribution is 2.46. The van der Waals surface area contributed by atoms with Gasteiger partial charge in [-0.1, -0.05) is 47.0 Å². The second-order valence-electron chi connectivity index (χ2n) is 8.55. The molecule has 1 N–H and O–H groups in total. The van der Waals surface area contributed by atoms with Crippen molar-refractivity contribution >= 4 is 0 Å². The molecule has 2 atom stereocenters. The van der Waals surface area contributed by atoms with Crippen LogP contribution in [-0.4, -0.2) is 10.7 Å². The summed E-state index contributed by atoms with van der Waals surface area (Å²) in [5, 5.41) is 11.1. The van der Waals surface area contributed by atoms with Gasteiger partial charge in [0.2, 0.25) is 0 Å². The molecule has 0 aromatic rings. The maximum absolute atomic E-state index is 11.1. The standard InChI is InChI=1S/C18H34O/c1-14-7-9-16(10-8-14)18(19)12-5-6-15(11-13-18)17(2,3)4/h14-16,19H,5-13H2,1-4H3. The Morgan fingerprint density at radius 3 is 2.11 bits per heavy atom. The molecule has 0 aliphatic heterocycles. The van der Waals surface area contributed by atoms with Crippen LogP contribution >= 0.6 is 0 Å². The molecule has 0 radical (unpaired) electrons. The first-order chi connectivity index (χ1) is 8.81. The normalized spacial score (nSPS) is 41.8. The lowest BCUT2D eigenvalue weighted by molar-refractivity contribution is -0.0508. The molecule has 2 saturated carbocycles. The molecule has 112 valence electrons. The van der Waals surface area contributed by atoms with E-state index in [1.807, 2.05) is 0 Å². The van der Waals surface area contributed by atoms with Gasteiger partial charge < -0.3 is 5.11 Å². The minimum absolute atomic E-state index is 0.333. The van der Waals surface area contributed by atoms with Crippen molar-refractivity contribution in [1.29, 1.82) is 0 Å². The molecule has 1 heteroatoms. The summed E-state index contributed by atoms with van der Waals surface area (Å²) >= 11 is 0. The summed E-state index contributed by atoms with van der Waals surface area (Å²) in [6, 6.07) is 0. The molecule has 0 saturated heterocycles. The molecule has 1 nitrogen and oxygen atoms in total. The van der Waals surface area contributed by atoms with Gasteiger partial charge in [-0.15, -0.1) is 0 Å². The van der Waals surface area contributed by atoms with E-state index in [1.165, 1.54) is 44.9 Å². The summed E-state index contributed by atoms with van der Waals surface area (Å²) < 4.78 is 0. The Balaban J connectivity index is 1.97. The van der Waals surface area contributed by atoms with Crippen molar-refractivity contribution in [2.75, 3.05) is 0 Å². The van der Waals surface area contributed by atoms with E-state index in [1.54, 1.807) is 0 Å². The largest absolute Gasteiger partial charge is 0.390 e. The van der Waals surface area contributed by atoms with Crippen LogP contribution in [0.1, 0.15) is 85.5 Å². The Hall–Kier alpha value is -0.0400. The van der Waals surface area contributed by atoms with Gasteiger partial charge in [-0.2, -0.15) is 0 Å². The predicted molar refractivity (Wildman–Crippen MR) is 82.1 cm³/mol. The van der Waals surface area contributed by atoms with E-state index in [-0.39, 0.29) is 5.60 Å². The molecule has 2 fully saturated rings. The summed E-state index contributed by atoms with van der Waals surface area (Å²) in [6.45, 7) is 9.46. The van der Waals surface area contributed by atoms with Gasteiger partial charge >= 0.3 is 0 Å². The zero-order chi connectivity index (χ0) is 14.1. The van der Waals surface area contributed by atoms with Gasteiger partial charge in [0.25, 0.3) is 0 Å². The molecular weight excluding hydrogens is 232 g/mol. The minimum Gasteiger partial charge on any atom is -0.390 e. The van der Waals surface area contributed by atoms with Crippen molar-refractivity contribution in [2.24, 2.45) is 23.2 Å². The summed E-state index contributed by atoms with van der Waals surface area (Å²) in [6.07, 6.45) is 11.1. The van der Waals surface area contributed by atoms with Gasteiger partial charge in [0.15, 0.2) is 0 Å². The van der Waals surface area contributed by atoms with Crippen LogP contribution in [0, 0.1) is 23.2 Å². The Bertz CT molecular complexity index is 283. The van der Waals surface area contributed by atoms with Crippen LogP contribution in [0.4, 0.5) is 0 Å². The Morgan fingerprint density at radius 1 is 0.895 bits per heavy atom. The van der Waals surface area contributed by atoms with Crippen molar-refractivity contribution in [3.05, 3.63) is 0 Å². The second-order valence-corrected chi connectivity index (χ2v) is 8.55. The third kappa shape index (κ3) is 3.74. The summed E-state index contributed by atoms with van der Waals surface area (Å²) in [4.78, 5) is 0. The Morgan fingerprint density at radius 2 is 1.53 bits per heavy atom. The van der Waals surface area contributed by atoms with Gasteiger partial charge in [0, 0.05) is 0 Å². The zero-order valence-corrected chi connectivity index (χ0v) is 13.5. The third-order valence-corrected chi connectivity index (χ3v) is 6.09. The zero-order valence-electron chi connectivity index (χ0n) is 13.5. The van der Waals surface area contributed by atoms with Gasteiger partial charge in [-0.3, -0.25) is 0 Å². The fourth-order valence-electron chi connectivity index (χ4n) is 4.42. The lowest BCUT2D eigenvalue weighted by atomic mass is 9.70. The molecule has 0 aromatic heterocycles. The van der Waals surface area contributed by atoms with E-state index in [0.29, 0.717) is 11.3 Å². The average Bonchev–Trinajstić information content (AvgIpc) is 2.52. The molecule has 0 spiro atoms.